The van der Waals surface area contributed by atoms with Crippen molar-refractivity contribution < 1.29 is 0 Å². The second-order valence-corrected chi connectivity index (χ2v) is 5.23. The molecule has 0 spiro atoms. The van der Waals surface area contributed by atoms with Gasteiger partial charge in [0.15, 0.2) is 0 Å². The van der Waals surface area contributed by atoms with E-state index in [1.165, 1.54) is 0 Å². The molecule has 21 heavy (non-hydrogen) atoms. The molecule has 0 amide bonds. The summed E-state index contributed by atoms with van der Waals surface area (Å²) in [6.07, 6.45) is 1.75. The quantitative estimate of drug-likeness (QED) is 0.581. The van der Waals surface area contributed by atoms with E-state index in [0.717, 1.165) is 27.6 Å². The number of fused-ring (bicyclic) bond motifs is 3. The molecule has 0 aliphatic heterocycles. The molecule has 0 radical (unpaired) electrons. The van der Waals surface area contributed by atoms with Gasteiger partial charge in [0.05, 0.1) is 17.2 Å². The molecule has 2 aromatic heterocycles. The second kappa shape index (κ2) is 4.46. The van der Waals surface area contributed by atoms with E-state index in [1.807, 2.05) is 53.1 Å². The number of hydrogen-bond acceptors (Lipinski definition) is 3. The number of anilines is 1. The summed E-state index contributed by atoms with van der Waals surface area (Å²) in [5, 5.41) is 1.71. The number of aromatic nitrogens is 3. The monoisotopic (exact) mass is 294 g/mol. The first-order valence-corrected chi connectivity index (χ1v) is 6.89. The molecule has 5 heteroatoms. The molecule has 4 aromatic rings. The summed E-state index contributed by atoms with van der Waals surface area (Å²) in [7, 11) is 0. The molecule has 0 aliphatic rings. The zero-order chi connectivity index (χ0) is 14.4. The molecular formula is C16H11ClN4. The maximum Gasteiger partial charge on any atom is 0.206 e. The SMILES string of the molecule is Nc1nc2cnc3ccccc3c2n1-c1ccc(Cl)cc1. The maximum atomic E-state index is 6.11. The Kier molecular flexibility index (Phi) is 2.59. The van der Waals surface area contributed by atoms with Crippen LogP contribution in [0.3, 0.4) is 0 Å². The van der Waals surface area contributed by atoms with Gasteiger partial charge in [0.1, 0.15) is 5.52 Å². The summed E-state index contributed by atoms with van der Waals surface area (Å²) in [6, 6.07) is 15.5. The fourth-order valence-corrected chi connectivity index (χ4v) is 2.70. The molecule has 4 rings (SSSR count). The van der Waals surface area contributed by atoms with Crippen molar-refractivity contribution in [1.29, 1.82) is 0 Å². The van der Waals surface area contributed by atoms with Gasteiger partial charge >= 0.3 is 0 Å². The summed E-state index contributed by atoms with van der Waals surface area (Å²) < 4.78 is 1.93. The summed E-state index contributed by atoms with van der Waals surface area (Å²) in [5.41, 5.74) is 9.69. The summed E-state index contributed by atoms with van der Waals surface area (Å²) in [6.45, 7) is 0. The fraction of sp³-hybridized carbons (Fsp3) is 0. The van der Waals surface area contributed by atoms with Crippen molar-refractivity contribution >= 4 is 39.5 Å². The number of hydrogen-bond donors (Lipinski definition) is 1. The molecule has 0 fully saturated rings. The van der Waals surface area contributed by atoms with Gasteiger partial charge in [-0.2, -0.15) is 0 Å². The molecule has 0 saturated heterocycles. The van der Waals surface area contributed by atoms with Crippen molar-refractivity contribution in [1.82, 2.24) is 14.5 Å². The van der Waals surface area contributed by atoms with Crippen molar-refractivity contribution in [2.24, 2.45) is 0 Å². The lowest BCUT2D eigenvalue weighted by atomic mass is 10.2. The number of nitrogen functional groups attached to an aromatic ring is 1. The van der Waals surface area contributed by atoms with E-state index in [2.05, 4.69) is 9.97 Å². The van der Waals surface area contributed by atoms with Crippen LogP contribution in [-0.2, 0) is 0 Å². The minimum atomic E-state index is 0.436. The fourth-order valence-electron chi connectivity index (χ4n) is 2.57. The van der Waals surface area contributed by atoms with Gasteiger partial charge in [-0.3, -0.25) is 9.55 Å². The summed E-state index contributed by atoms with van der Waals surface area (Å²) >= 11 is 5.96. The number of nitrogens with two attached hydrogens (primary N) is 1. The van der Waals surface area contributed by atoms with E-state index < -0.39 is 0 Å². The lowest BCUT2D eigenvalue weighted by Gasteiger charge is -2.08. The third-order valence-electron chi connectivity index (χ3n) is 3.50. The van der Waals surface area contributed by atoms with Crippen LogP contribution in [0.2, 0.25) is 5.02 Å². The van der Waals surface area contributed by atoms with Gasteiger partial charge in [0.2, 0.25) is 5.95 Å². The molecule has 0 atom stereocenters. The number of nitrogens with zero attached hydrogens (tertiary/aromatic N) is 3. The summed E-state index contributed by atoms with van der Waals surface area (Å²) in [5.74, 6) is 0.436. The maximum absolute atomic E-state index is 6.11. The molecular weight excluding hydrogens is 284 g/mol. The van der Waals surface area contributed by atoms with Crippen LogP contribution in [0.15, 0.2) is 54.7 Å². The third kappa shape index (κ3) is 1.84. The van der Waals surface area contributed by atoms with Gasteiger partial charge in [-0.1, -0.05) is 29.8 Å². The van der Waals surface area contributed by atoms with Crippen molar-refractivity contribution in [3.63, 3.8) is 0 Å². The second-order valence-electron chi connectivity index (χ2n) is 4.79. The molecule has 0 bridgehead atoms. The topological polar surface area (TPSA) is 56.7 Å². The van der Waals surface area contributed by atoms with Gasteiger partial charge in [0, 0.05) is 16.1 Å². The normalized spacial score (nSPS) is 11.3. The number of para-hydroxylation sites is 1. The summed E-state index contributed by atoms with van der Waals surface area (Å²) in [4.78, 5) is 8.83. The number of imidazole rings is 1. The Morgan fingerprint density at radius 3 is 2.52 bits per heavy atom. The number of rotatable bonds is 1. The molecule has 0 unspecified atom stereocenters. The van der Waals surface area contributed by atoms with Gasteiger partial charge in [-0.05, 0) is 30.3 Å². The first-order chi connectivity index (χ1) is 10.2. The Hall–Kier alpha value is -2.59. The van der Waals surface area contributed by atoms with Crippen molar-refractivity contribution in [3.05, 3.63) is 59.8 Å². The Morgan fingerprint density at radius 1 is 0.952 bits per heavy atom. The Morgan fingerprint density at radius 2 is 1.71 bits per heavy atom. The van der Waals surface area contributed by atoms with E-state index >= 15 is 0 Å². The molecule has 4 nitrogen and oxygen atoms in total. The Bertz CT molecular complexity index is 957. The zero-order valence-corrected chi connectivity index (χ0v) is 11.7. The van der Waals surface area contributed by atoms with Gasteiger partial charge in [0.25, 0.3) is 0 Å². The highest BCUT2D eigenvalue weighted by atomic mass is 35.5. The average molecular weight is 295 g/mol. The lowest BCUT2D eigenvalue weighted by molar-refractivity contribution is 1.11. The van der Waals surface area contributed by atoms with Crippen molar-refractivity contribution in [2.45, 2.75) is 0 Å². The highest BCUT2D eigenvalue weighted by Gasteiger charge is 2.13. The lowest BCUT2D eigenvalue weighted by Crippen LogP contribution is -2.00. The number of benzene rings is 2. The molecule has 0 aliphatic carbocycles. The van der Waals surface area contributed by atoms with E-state index in [1.54, 1.807) is 6.20 Å². The van der Waals surface area contributed by atoms with Crippen LogP contribution in [0.4, 0.5) is 5.95 Å². The van der Waals surface area contributed by atoms with Crippen LogP contribution < -0.4 is 5.73 Å². The minimum Gasteiger partial charge on any atom is -0.369 e. The third-order valence-corrected chi connectivity index (χ3v) is 3.75. The predicted octanol–water partition coefficient (Wildman–Crippen LogP) is 3.81. The van der Waals surface area contributed by atoms with E-state index in [0.29, 0.717) is 11.0 Å². The number of halogens is 1. The minimum absolute atomic E-state index is 0.436. The standard InChI is InChI=1S/C16H11ClN4/c17-10-5-7-11(8-6-10)21-15-12-3-1-2-4-13(12)19-9-14(15)20-16(21)18/h1-9H,(H2,18,20). The molecule has 102 valence electrons. The molecule has 2 heterocycles. The van der Waals surface area contributed by atoms with Crippen LogP contribution in [-0.4, -0.2) is 14.5 Å². The highest BCUT2D eigenvalue weighted by molar-refractivity contribution is 6.30. The smallest absolute Gasteiger partial charge is 0.206 e. The Labute approximate surface area is 125 Å². The van der Waals surface area contributed by atoms with Crippen LogP contribution in [0.5, 0.6) is 0 Å². The Balaban J connectivity index is 2.14. The van der Waals surface area contributed by atoms with Gasteiger partial charge < -0.3 is 5.73 Å². The van der Waals surface area contributed by atoms with E-state index in [4.69, 9.17) is 17.3 Å². The van der Waals surface area contributed by atoms with Crippen molar-refractivity contribution in [2.75, 3.05) is 5.73 Å². The van der Waals surface area contributed by atoms with Crippen LogP contribution in [0, 0.1) is 0 Å². The first kappa shape index (κ1) is 12.2. The van der Waals surface area contributed by atoms with E-state index in [-0.39, 0.29) is 0 Å². The zero-order valence-electron chi connectivity index (χ0n) is 11.0. The van der Waals surface area contributed by atoms with Crippen LogP contribution >= 0.6 is 11.6 Å². The average Bonchev–Trinajstić information content (AvgIpc) is 2.85. The first-order valence-electron chi connectivity index (χ1n) is 6.51. The van der Waals surface area contributed by atoms with Crippen molar-refractivity contribution in [3.8, 4) is 5.69 Å². The van der Waals surface area contributed by atoms with Gasteiger partial charge in [-0.15, -0.1) is 0 Å². The van der Waals surface area contributed by atoms with Crippen LogP contribution in [0.1, 0.15) is 0 Å². The largest absolute Gasteiger partial charge is 0.369 e. The molecule has 2 aromatic carbocycles. The highest BCUT2D eigenvalue weighted by Crippen LogP contribution is 2.29. The number of pyridine rings is 1. The predicted molar refractivity (Wildman–Crippen MR) is 85.8 cm³/mol. The van der Waals surface area contributed by atoms with Gasteiger partial charge in [-0.25, -0.2) is 4.98 Å². The molecule has 0 saturated carbocycles. The molecule has 2 N–H and O–H groups in total. The van der Waals surface area contributed by atoms with E-state index in [9.17, 15) is 0 Å². The van der Waals surface area contributed by atoms with Crippen LogP contribution in [0.25, 0.3) is 27.6 Å².